The van der Waals surface area contributed by atoms with Gasteiger partial charge in [0.15, 0.2) is 0 Å². The number of halogens is 1. The molecule has 0 fully saturated rings. The smallest absolute Gasteiger partial charge is 0.213 e. The number of hydrogen-bond donors (Lipinski definition) is 0. The lowest BCUT2D eigenvalue weighted by Crippen LogP contribution is -2.02. The summed E-state index contributed by atoms with van der Waals surface area (Å²) in [5.74, 6) is -0.128. The zero-order chi connectivity index (χ0) is 9.97. The Hall–Kier alpha value is -1.19. The maximum absolute atomic E-state index is 11.8. The van der Waals surface area contributed by atoms with E-state index in [1.54, 1.807) is 29.8 Å². The second-order valence-corrected chi connectivity index (χ2v) is 3.86. The molecule has 4 heteroatoms. The zero-order valence-corrected chi connectivity index (χ0v) is 8.68. The molecule has 0 aliphatic carbocycles. The van der Waals surface area contributed by atoms with E-state index in [2.05, 4.69) is 4.98 Å². The predicted octanol–water partition coefficient (Wildman–Crippen LogP) is 3.03. The van der Waals surface area contributed by atoms with E-state index in [1.807, 2.05) is 5.38 Å². The lowest BCUT2D eigenvalue weighted by molar-refractivity contribution is 0.103. The minimum atomic E-state index is -0.128. The summed E-state index contributed by atoms with van der Waals surface area (Å²) in [6.45, 7) is 0. The molecule has 14 heavy (non-hydrogen) atoms. The average Bonchev–Trinajstić information content (AvgIpc) is 2.70. The van der Waals surface area contributed by atoms with E-state index in [4.69, 9.17) is 11.6 Å². The van der Waals surface area contributed by atoms with Gasteiger partial charge in [0, 0.05) is 17.1 Å². The van der Waals surface area contributed by atoms with Crippen LogP contribution in [0.2, 0.25) is 5.02 Å². The summed E-state index contributed by atoms with van der Waals surface area (Å²) >= 11 is 7.33. The highest BCUT2D eigenvalue weighted by molar-refractivity contribution is 7.08. The molecule has 2 heterocycles. The van der Waals surface area contributed by atoms with Crippen molar-refractivity contribution in [2.45, 2.75) is 0 Å². The lowest BCUT2D eigenvalue weighted by Gasteiger charge is -1.98. The van der Waals surface area contributed by atoms with Gasteiger partial charge in [-0.3, -0.25) is 9.78 Å². The monoisotopic (exact) mass is 223 g/mol. The van der Waals surface area contributed by atoms with E-state index in [9.17, 15) is 4.79 Å². The van der Waals surface area contributed by atoms with Crippen molar-refractivity contribution < 1.29 is 4.79 Å². The van der Waals surface area contributed by atoms with Gasteiger partial charge in [0.05, 0.1) is 5.02 Å². The number of thiophene rings is 1. The third-order valence-electron chi connectivity index (χ3n) is 1.76. The maximum Gasteiger partial charge on any atom is 0.213 e. The van der Waals surface area contributed by atoms with E-state index in [1.165, 1.54) is 11.3 Å². The van der Waals surface area contributed by atoms with Crippen molar-refractivity contribution >= 4 is 28.7 Å². The molecule has 0 N–H and O–H groups in total. The van der Waals surface area contributed by atoms with Gasteiger partial charge in [0.1, 0.15) is 5.69 Å². The fourth-order valence-corrected chi connectivity index (χ4v) is 1.93. The van der Waals surface area contributed by atoms with Crippen LogP contribution in [0.3, 0.4) is 0 Å². The van der Waals surface area contributed by atoms with Crippen LogP contribution in [0, 0.1) is 0 Å². The van der Waals surface area contributed by atoms with E-state index in [-0.39, 0.29) is 5.78 Å². The summed E-state index contributed by atoms with van der Waals surface area (Å²) in [5.41, 5.74) is 0.947. The van der Waals surface area contributed by atoms with Gasteiger partial charge in [0.25, 0.3) is 0 Å². The largest absolute Gasteiger partial charge is 0.287 e. The summed E-state index contributed by atoms with van der Waals surface area (Å²) in [5, 5.41) is 4.03. The number of pyridine rings is 1. The molecule has 0 saturated heterocycles. The molecule has 0 bridgehead atoms. The Morgan fingerprint density at radius 2 is 2.29 bits per heavy atom. The van der Waals surface area contributed by atoms with Gasteiger partial charge in [-0.25, -0.2) is 0 Å². The summed E-state index contributed by atoms with van der Waals surface area (Å²) in [4.78, 5) is 15.7. The number of aromatic nitrogens is 1. The van der Waals surface area contributed by atoms with E-state index in [0.29, 0.717) is 16.3 Å². The Labute approximate surface area is 90.2 Å². The van der Waals surface area contributed by atoms with Crippen LogP contribution in [0.25, 0.3) is 0 Å². The molecular formula is C10H6ClNOS. The minimum Gasteiger partial charge on any atom is -0.287 e. The molecular weight excluding hydrogens is 218 g/mol. The highest BCUT2D eigenvalue weighted by Gasteiger charge is 2.13. The van der Waals surface area contributed by atoms with Gasteiger partial charge in [0.2, 0.25) is 5.78 Å². The Morgan fingerprint density at radius 3 is 2.93 bits per heavy atom. The molecule has 0 saturated carbocycles. The lowest BCUT2D eigenvalue weighted by atomic mass is 10.1. The van der Waals surface area contributed by atoms with Gasteiger partial charge < -0.3 is 0 Å². The summed E-state index contributed by atoms with van der Waals surface area (Å²) in [7, 11) is 0. The summed E-state index contributed by atoms with van der Waals surface area (Å²) < 4.78 is 0. The van der Waals surface area contributed by atoms with Gasteiger partial charge in [-0.05, 0) is 23.6 Å². The third kappa shape index (κ3) is 1.69. The predicted molar refractivity (Wildman–Crippen MR) is 57.0 cm³/mol. The van der Waals surface area contributed by atoms with Crippen LogP contribution in [-0.2, 0) is 0 Å². The number of hydrogen-bond acceptors (Lipinski definition) is 3. The Balaban J connectivity index is 2.42. The van der Waals surface area contributed by atoms with Gasteiger partial charge in [-0.15, -0.1) is 0 Å². The first kappa shape index (κ1) is 9.37. The second-order valence-electron chi connectivity index (χ2n) is 2.67. The van der Waals surface area contributed by atoms with Crippen molar-refractivity contribution in [3.05, 3.63) is 51.4 Å². The van der Waals surface area contributed by atoms with Crippen LogP contribution < -0.4 is 0 Å². The van der Waals surface area contributed by atoms with E-state index >= 15 is 0 Å². The van der Waals surface area contributed by atoms with Crippen LogP contribution in [0.1, 0.15) is 16.1 Å². The van der Waals surface area contributed by atoms with E-state index in [0.717, 1.165) is 0 Å². The Kier molecular flexibility index (Phi) is 2.61. The highest BCUT2D eigenvalue weighted by Crippen LogP contribution is 2.17. The molecule has 2 aromatic rings. The van der Waals surface area contributed by atoms with Crippen LogP contribution in [0.4, 0.5) is 0 Å². The maximum atomic E-state index is 11.8. The fraction of sp³-hybridized carbons (Fsp3) is 0. The molecule has 0 aliphatic heterocycles. The van der Waals surface area contributed by atoms with Crippen molar-refractivity contribution in [3.8, 4) is 0 Å². The first-order chi connectivity index (χ1) is 6.79. The van der Waals surface area contributed by atoms with Crippen LogP contribution in [-0.4, -0.2) is 10.8 Å². The molecule has 2 aromatic heterocycles. The fourth-order valence-electron chi connectivity index (χ4n) is 1.08. The summed E-state index contributed by atoms with van der Waals surface area (Å²) in [6.07, 6.45) is 1.56. The number of carbonyl (C=O) groups is 1. The van der Waals surface area contributed by atoms with Crippen molar-refractivity contribution in [2.75, 3.05) is 0 Å². The standard InChI is InChI=1S/C10H6ClNOS/c11-8-2-1-4-12-9(8)10(13)7-3-5-14-6-7/h1-6H. The molecule has 70 valence electrons. The van der Waals surface area contributed by atoms with Crippen molar-refractivity contribution in [1.29, 1.82) is 0 Å². The molecule has 0 radical (unpaired) electrons. The first-order valence-corrected chi connectivity index (χ1v) is 5.28. The molecule has 0 spiro atoms. The van der Waals surface area contributed by atoms with Crippen molar-refractivity contribution in [3.63, 3.8) is 0 Å². The number of rotatable bonds is 2. The number of ketones is 1. The van der Waals surface area contributed by atoms with Gasteiger partial charge >= 0.3 is 0 Å². The molecule has 0 amide bonds. The third-order valence-corrected chi connectivity index (χ3v) is 2.75. The summed E-state index contributed by atoms with van der Waals surface area (Å²) in [6, 6.07) is 5.12. The number of carbonyl (C=O) groups excluding carboxylic acids is 1. The van der Waals surface area contributed by atoms with Crippen LogP contribution in [0.15, 0.2) is 35.2 Å². The second kappa shape index (κ2) is 3.90. The minimum absolute atomic E-state index is 0.128. The van der Waals surface area contributed by atoms with Gasteiger partial charge in [-0.2, -0.15) is 11.3 Å². The molecule has 0 aliphatic rings. The van der Waals surface area contributed by atoms with Crippen molar-refractivity contribution in [2.24, 2.45) is 0 Å². The zero-order valence-electron chi connectivity index (χ0n) is 7.11. The average molecular weight is 224 g/mol. The van der Waals surface area contributed by atoms with Crippen LogP contribution in [0.5, 0.6) is 0 Å². The Bertz CT molecular complexity index is 453. The first-order valence-electron chi connectivity index (χ1n) is 3.96. The Morgan fingerprint density at radius 1 is 1.43 bits per heavy atom. The topological polar surface area (TPSA) is 30.0 Å². The highest BCUT2D eigenvalue weighted by atomic mass is 35.5. The normalized spacial score (nSPS) is 10.1. The van der Waals surface area contributed by atoms with Gasteiger partial charge in [-0.1, -0.05) is 11.6 Å². The number of nitrogens with zero attached hydrogens (tertiary/aromatic N) is 1. The quantitative estimate of drug-likeness (QED) is 0.733. The molecule has 0 aromatic carbocycles. The molecule has 2 nitrogen and oxygen atoms in total. The van der Waals surface area contributed by atoms with Crippen LogP contribution >= 0.6 is 22.9 Å². The molecule has 2 rings (SSSR count). The van der Waals surface area contributed by atoms with Crippen molar-refractivity contribution in [1.82, 2.24) is 4.98 Å². The van der Waals surface area contributed by atoms with E-state index < -0.39 is 0 Å². The SMILES string of the molecule is O=C(c1ccsc1)c1ncccc1Cl. The molecule has 0 atom stereocenters. The molecule has 0 unspecified atom stereocenters.